The number of hydrogen-bond donors (Lipinski definition) is 2. The Bertz CT molecular complexity index is 605. The van der Waals surface area contributed by atoms with Crippen LogP contribution in [0, 0.1) is 11.8 Å². The van der Waals surface area contributed by atoms with E-state index >= 15 is 0 Å². The first kappa shape index (κ1) is 14.3. The van der Waals surface area contributed by atoms with Crippen molar-refractivity contribution in [1.82, 2.24) is 9.29 Å². The molecule has 0 fully saturated rings. The van der Waals surface area contributed by atoms with E-state index in [-0.39, 0.29) is 17.1 Å². The highest BCUT2D eigenvalue weighted by Gasteiger charge is 2.19. The second-order valence-corrected chi connectivity index (χ2v) is 5.32. The Hall–Kier alpha value is -1.78. The summed E-state index contributed by atoms with van der Waals surface area (Å²) in [6.45, 7) is 1.87. The number of hydrogen-bond acceptors (Lipinski definition) is 3. The zero-order chi connectivity index (χ0) is 13.8. The minimum absolute atomic E-state index is 0.0631. The smallest absolute Gasteiger partial charge is 0.352 e. The first-order valence-corrected chi connectivity index (χ1v) is 6.65. The predicted molar refractivity (Wildman–Crippen MR) is 65.6 cm³/mol. The van der Waals surface area contributed by atoms with E-state index in [1.165, 1.54) is 17.8 Å². The minimum Gasteiger partial charge on any atom is -0.477 e. The lowest BCUT2D eigenvalue weighted by Crippen LogP contribution is -2.24. The van der Waals surface area contributed by atoms with Gasteiger partial charge in [-0.2, -0.15) is 0 Å². The van der Waals surface area contributed by atoms with Gasteiger partial charge in [0, 0.05) is 26.2 Å². The van der Waals surface area contributed by atoms with Crippen molar-refractivity contribution in [3.8, 4) is 11.8 Å². The Labute approximate surface area is 106 Å². The molecule has 0 spiro atoms. The molecular formula is C11H14N2O4S. The summed E-state index contributed by atoms with van der Waals surface area (Å²) >= 11 is 0. The third-order valence-corrected chi connectivity index (χ3v) is 3.66. The van der Waals surface area contributed by atoms with Crippen molar-refractivity contribution < 1.29 is 18.3 Å². The summed E-state index contributed by atoms with van der Waals surface area (Å²) < 4.78 is 27.2. The Morgan fingerprint density at radius 3 is 2.72 bits per heavy atom. The number of carboxylic acid groups (broad SMARTS) is 1. The van der Waals surface area contributed by atoms with Crippen LogP contribution in [0.4, 0.5) is 0 Å². The molecule has 1 rings (SSSR count). The lowest BCUT2D eigenvalue weighted by atomic mass is 10.4. The number of rotatable bonds is 5. The van der Waals surface area contributed by atoms with Crippen molar-refractivity contribution in [2.45, 2.75) is 18.2 Å². The lowest BCUT2D eigenvalue weighted by Gasteiger charge is -2.01. The zero-order valence-electron chi connectivity index (χ0n) is 10.1. The van der Waals surface area contributed by atoms with Crippen LogP contribution in [-0.4, -0.2) is 30.6 Å². The normalized spacial score (nSPS) is 10.8. The Morgan fingerprint density at radius 2 is 2.22 bits per heavy atom. The maximum atomic E-state index is 11.8. The highest BCUT2D eigenvalue weighted by Crippen LogP contribution is 2.13. The largest absolute Gasteiger partial charge is 0.477 e. The summed E-state index contributed by atoms with van der Waals surface area (Å²) in [7, 11) is -2.20. The van der Waals surface area contributed by atoms with Gasteiger partial charge in [-0.25, -0.2) is 17.9 Å². The van der Waals surface area contributed by atoms with Gasteiger partial charge in [0.15, 0.2) is 0 Å². The van der Waals surface area contributed by atoms with Crippen LogP contribution >= 0.6 is 0 Å². The minimum atomic E-state index is -3.68. The van der Waals surface area contributed by atoms with E-state index in [4.69, 9.17) is 5.11 Å². The summed E-state index contributed by atoms with van der Waals surface area (Å²) in [6, 6.07) is 1.12. The molecule has 0 atom stereocenters. The number of aryl methyl sites for hydroxylation is 1. The highest BCUT2D eigenvalue weighted by atomic mass is 32.2. The van der Waals surface area contributed by atoms with Gasteiger partial charge in [0.05, 0.1) is 0 Å². The molecule has 0 radical (unpaired) electrons. The van der Waals surface area contributed by atoms with Crippen LogP contribution in [0.5, 0.6) is 0 Å². The number of carboxylic acids is 1. The molecule has 1 aromatic heterocycles. The highest BCUT2D eigenvalue weighted by molar-refractivity contribution is 7.89. The van der Waals surface area contributed by atoms with Crippen LogP contribution in [0.15, 0.2) is 17.2 Å². The van der Waals surface area contributed by atoms with E-state index in [0.717, 1.165) is 6.07 Å². The van der Waals surface area contributed by atoms with Crippen molar-refractivity contribution in [1.29, 1.82) is 0 Å². The molecule has 0 saturated heterocycles. The third kappa shape index (κ3) is 3.35. The Morgan fingerprint density at radius 1 is 1.56 bits per heavy atom. The molecule has 6 nitrogen and oxygen atoms in total. The molecule has 7 heteroatoms. The van der Waals surface area contributed by atoms with Gasteiger partial charge in [0.25, 0.3) is 0 Å². The Kier molecular flexibility index (Phi) is 4.53. The van der Waals surface area contributed by atoms with Crippen LogP contribution < -0.4 is 4.72 Å². The molecule has 0 bridgehead atoms. The molecule has 0 aliphatic carbocycles. The molecule has 0 aliphatic heterocycles. The molecule has 98 valence electrons. The summed E-state index contributed by atoms with van der Waals surface area (Å²) in [4.78, 5) is 10.7. The van der Waals surface area contributed by atoms with Crippen molar-refractivity contribution >= 4 is 16.0 Å². The number of nitrogens with one attached hydrogen (secondary N) is 1. The number of carbonyl (C=O) groups is 1. The molecule has 1 aromatic rings. The topological polar surface area (TPSA) is 88.4 Å². The van der Waals surface area contributed by atoms with Gasteiger partial charge in [0.2, 0.25) is 10.0 Å². The van der Waals surface area contributed by atoms with Gasteiger partial charge in [-0.05, 0) is 13.0 Å². The summed E-state index contributed by atoms with van der Waals surface area (Å²) in [5.41, 5.74) is -0.0799. The van der Waals surface area contributed by atoms with E-state index in [2.05, 4.69) is 16.6 Å². The first-order valence-electron chi connectivity index (χ1n) is 5.17. The van der Waals surface area contributed by atoms with Crippen molar-refractivity contribution in [3.05, 3.63) is 18.0 Å². The van der Waals surface area contributed by atoms with E-state index in [0.29, 0.717) is 6.42 Å². The first-order chi connectivity index (χ1) is 8.38. The number of sulfonamides is 1. The lowest BCUT2D eigenvalue weighted by molar-refractivity contribution is 0.0686. The number of aromatic carboxylic acids is 1. The zero-order valence-corrected chi connectivity index (χ0v) is 10.9. The third-order valence-electron chi connectivity index (χ3n) is 2.23. The van der Waals surface area contributed by atoms with E-state index in [9.17, 15) is 13.2 Å². The number of nitrogens with zero attached hydrogens (tertiary/aromatic N) is 1. The average Bonchev–Trinajstić information content (AvgIpc) is 2.68. The van der Waals surface area contributed by atoms with Gasteiger partial charge < -0.3 is 9.67 Å². The number of aromatic nitrogens is 1. The standard InChI is InChI=1S/C11H14N2O4S/c1-3-4-5-6-12-18(16,17)9-7-10(11(14)15)13(2)8-9/h7-8,12H,5-6H2,1-2H3,(H,14,15). The van der Waals surface area contributed by atoms with Gasteiger partial charge in [-0.3, -0.25) is 0 Å². The molecule has 1 heterocycles. The monoisotopic (exact) mass is 270 g/mol. The van der Waals surface area contributed by atoms with Crippen LogP contribution in [0.2, 0.25) is 0 Å². The molecule has 0 saturated carbocycles. The van der Waals surface area contributed by atoms with E-state index < -0.39 is 16.0 Å². The fraction of sp³-hybridized carbons (Fsp3) is 0.364. The second-order valence-electron chi connectivity index (χ2n) is 3.55. The fourth-order valence-electron chi connectivity index (χ4n) is 1.35. The van der Waals surface area contributed by atoms with Crippen LogP contribution in [0.25, 0.3) is 0 Å². The van der Waals surface area contributed by atoms with Gasteiger partial charge in [-0.1, -0.05) is 0 Å². The fourth-order valence-corrected chi connectivity index (χ4v) is 2.45. The molecule has 0 aromatic carbocycles. The summed E-state index contributed by atoms with van der Waals surface area (Å²) in [5.74, 6) is 4.22. The van der Waals surface area contributed by atoms with Crippen molar-refractivity contribution in [2.75, 3.05) is 6.54 Å². The average molecular weight is 270 g/mol. The van der Waals surface area contributed by atoms with E-state index in [1.54, 1.807) is 6.92 Å². The van der Waals surface area contributed by atoms with Crippen molar-refractivity contribution in [3.63, 3.8) is 0 Å². The SMILES string of the molecule is CC#CCCNS(=O)(=O)c1cc(C(=O)O)n(C)c1. The van der Waals surface area contributed by atoms with Crippen LogP contribution in [0.1, 0.15) is 23.8 Å². The molecule has 18 heavy (non-hydrogen) atoms. The van der Waals surface area contributed by atoms with Gasteiger partial charge in [0.1, 0.15) is 10.6 Å². The van der Waals surface area contributed by atoms with Crippen LogP contribution in [-0.2, 0) is 17.1 Å². The van der Waals surface area contributed by atoms with Crippen LogP contribution in [0.3, 0.4) is 0 Å². The molecule has 2 N–H and O–H groups in total. The second kappa shape index (κ2) is 5.71. The maximum absolute atomic E-state index is 11.8. The molecule has 0 amide bonds. The van der Waals surface area contributed by atoms with Crippen molar-refractivity contribution in [2.24, 2.45) is 7.05 Å². The Balaban J connectivity index is 2.87. The summed E-state index contributed by atoms with van der Waals surface area (Å²) in [5, 5.41) is 8.84. The quantitative estimate of drug-likeness (QED) is 0.599. The molecule has 0 unspecified atom stereocenters. The van der Waals surface area contributed by atoms with Gasteiger partial charge >= 0.3 is 5.97 Å². The molecular weight excluding hydrogens is 256 g/mol. The van der Waals surface area contributed by atoms with Gasteiger partial charge in [-0.15, -0.1) is 11.8 Å². The maximum Gasteiger partial charge on any atom is 0.352 e. The summed E-state index contributed by atoms with van der Waals surface area (Å²) in [6.07, 6.45) is 1.67. The van der Waals surface area contributed by atoms with E-state index in [1.807, 2.05) is 0 Å². The molecule has 0 aliphatic rings. The predicted octanol–water partition coefficient (Wildman–Crippen LogP) is 0.415.